The SMILES string of the molecule is Cc1ccc(S(=O)(=O)N(C)C(=O)COCCC/C=C/CBr)cc1. The van der Waals surface area contributed by atoms with Gasteiger partial charge in [-0.15, -0.1) is 0 Å². The molecule has 0 aromatic heterocycles. The van der Waals surface area contributed by atoms with Crippen LogP contribution in [0.15, 0.2) is 41.3 Å². The van der Waals surface area contributed by atoms with Gasteiger partial charge in [-0.25, -0.2) is 12.7 Å². The Morgan fingerprint density at radius 2 is 1.91 bits per heavy atom. The third kappa shape index (κ3) is 6.45. The average Bonchev–Trinajstić information content (AvgIpc) is 2.53. The fraction of sp³-hybridized carbons (Fsp3) is 0.438. The number of rotatable bonds is 9. The van der Waals surface area contributed by atoms with Gasteiger partial charge in [0.25, 0.3) is 15.9 Å². The second kappa shape index (κ2) is 9.85. The van der Waals surface area contributed by atoms with Crippen molar-refractivity contribution in [1.82, 2.24) is 4.31 Å². The van der Waals surface area contributed by atoms with Crippen LogP contribution in [0.5, 0.6) is 0 Å². The van der Waals surface area contributed by atoms with Gasteiger partial charge in [-0.05, 0) is 31.9 Å². The highest BCUT2D eigenvalue weighted by molar-refractivity contribution is 9.09. The fourth-order valence-electron chi connectivity index (χ4n) is 1.74. The molecule has 1 aromatic carbocycles. The largest absolute Gasteiger partial charge is 0.372 e. The second-order valence-corrected chi connectivity index (χ2v) is 7.62. The second-order valence-electron chi connectivity index (χ2n) is 5.00. The molecule has 0 bridgehead atoms. The van der Waals surface area contributed by atoms with Gasteiger partial charge >= 0.3 is 0 Å². The molecular weight excluding hydrogens is 382 g/mol. The molecule has 1 rings (SSSR count). The first-order chi connectivity index (χ1) is 10.9. The number of aryl methyl sites for hydroxylation is 1. The number of benzene rings is 1. The third-order valence-electron chi connectivity index (χ3n) is 3.17. The van der Waals surface area contributed by atoms with Gasteiger partial charge in [-0.1, -0.05) is 45.8 Å². The Morgan fingerprint density at radius 3 is 2.52 bits per heavy atom. The van der Waals surface area contributed by atoms with Crippen LogP contribution in [0.3, 0.4) is 0 Å². The van der Waals surface area contributed by atoms with E-state index in [1.807, 2.05) is 19.1 Å². The molecule has 0 saturated carbocycles. The van der Waals surface area contributed by atoms with Crippen molar-refractivity contribution < 1.29 is 17.9 Å². The number of carbonyl (C=O) groups is 1. The van der Waals surface area contributed by atoms with E-state index in [0.717, 1.165) is 28.0 Å². The van der Waals surface area contributed by atoms with Crippen molar-refractivity contribution in [1.29, 1.82) is 0 Å². The Labute approximate surface area is 146 Å². The van der Waals surface area contributed by atoms with E-state index in [1.165, 1.54) is 19.2 Å². The molecule has 0 aliphatic rings. The summed E-state index contributed by atoms with van der Waals surface area (Å²) in [7, 11) is -2.57. The van der Waals surface area contributed by atoms with Crippen molar-refractivity contribution in [2.24, 2.45) is 0 Å². The number of carbonyl (C=O) groups excluding carboxylic acids is 1. The van der Waals surface area contributed by atoms with Crippen LogP contribution in [0.4, 0.5) is 0 Å². The summed E-state index contributed by atoms with van der Waals surface area (Å²) in [6.07, 6.45) is 5.66. The number of halogens is 1. The summed E-state index contributed by atoms with van der Waals surface area (Å²) in [6.45, 7) is 2.03. The number of amides is 1. The molecule has 0 aliphatic heterocycles. The number of hydrogen-bond acceptors (Lipinski definition) is 4. The lowest BCUT2D eigenvalue weighted by molar-refractivity contribution is -0.130. The van der Waals surface area contributed by atoms with E-state index in [-0.39, 0.29) is 11.5 Å². The molecule has 0 unspecified atom stereocenters. The summed E-state index contributed by atoms with van der Waals surface area (Å²) in [5, 5.41) is 0.813. The average molecular weight is 404 g/mol. The van der Waals surface area contributed by atoms with Gasteiger partial charge in [0.15, 0.2) is 0 Å². The molecule has 1 amide bonds. The molecule has 0 atom stereocenters. The van der Waals surface area contributed by atoms with Crippen molar-refractivity contribution >= 4 is 31.9 Å². The lowest BCUT2D eigenvalue weighted by Crippen LogP contribution is -2.35. The normalized spacial score (nSPS) is 11.8. The molecule has 7 heteroatoms. The fourth-order valence-corrected chi connectivity index (χ4v) is 3.12. The number of sulfonamides is 1. The zero-order valence-corrected chi connectivity index (χ0v) is 15.8. The summed E-state index contributed by atoms with van der Waals surface area (Å²) in [4.78, 5) is 12.1. The Hall–Kier alpha value is -1.18. The van der Waals surface area contributed by atoms with Gasteiger partial charge in [0.2, 0.25) is 0 Å². The number of allylic oxidation sites excluding steroid dienone is 2. The number of ether oxygens (including phenoxy) is 1. The Bertz CT molecular complexity index is 626. The minimum atomic E-state index is -3.82. The van der Waals surface area contributed by atoms with Crippen LogP contribution in [0.25, 0.3) is 0 Å². The number of hydrogen-bond donors (Lipinski definition) is 0. The first-order valence-corrected chi connectivity index (χ1v) is 9.83. The quantitative estimate of drug-likeness (QED) is 0.361. The maximum atomic E-state index is 12.3. The third-order valence-corrected chi connectivity index (χ3v) is 5.34. The van der Waals surface area contributed by atoms with E-state index in [9.17, 15) is 13.2 Å². The van der Waals surface area contributed by atoms with Crippen LogP contribution in [0.2, 0.25) is 0 Å². The molecule has 0 radical (unpaired) electrons. The predicted octanol–water partition coefficient (Wildman–Crippen LogP) is 2.89. The van der Waals surface area contributed by atoms with Crippen LogP contribution in [0.1, 0.15) is 18.4 Å². The standard InChI is InChI=1S/C16H22BrNO4S/c1-14-7-9-15(10-8-14)23(20,21)18(2)16(19)13-22-12-6-4-3-5-11-17/h3,5,7-10H,4,6,11-13H2,1-2H3/b5-3+. The van der Waals surface area contributed by atoms with Gasteiger partial charge < -0.3 is 4.74 Å². The van der Waals surface area contributed by atoms with Gasteiger partial charge in [0.1, 0.15) is 6.61 Å². The number of nitrogens with zero attached hydrogens (tertiary/aromatic N) is 1. The molecule has 0 aliphatic carbocycles. The molecule has 0 N–H and O–H groups in total. The lowest BCUT2D eigenvalue weighted by Gasteiger charge is -2.17. The summed E-state index contributed by atoms with van der Waals surface area (Å²) >= 11 is 3.28. The predicted molar refractivity (Wildman–Crippen MR) is 94.1 cm³/mol. The summed E-state index contributed by atoms with van der Waals surface area (Å²) in [5.41, 5.74) is 0.954. The van der Waals surface area contributed by atoms with Crippen molar-refractivity contribution in [3.05, 3.63) is 42.0 Å². The molecule has 128 valence electrons. The Kier molecular flexibility index (Phi) is 8.51. The van der Waals surface area contributed by atoms with Crippen LogP contribution in [-0.4, -0.2) is 44.2 Å². The van der Waals surface area contributed by atoms with Gasteiger partial charge in [0.05, 0.1) is 4.90 Å². The molecular formula is C16H22BrNO4S. The van der Waals surface area contributed by atoms with Gasteiger partial charge in [-0.3, -0.25) is 4.79 Å². The maximum Gasteiger partial charge on any atom is 0.266 e. The molecule has 23 heavy (non-hydrogen) atoms. The molecule has 5 nitrogen and oxygen atoms in total. The minimum Gasteiger partial charge on any atom is -0.372 e. The van der Waals surface area contributed by atoms with Crippen LogP contribution < -0.4 is 0 Å². The first kappa shape index (κ1) is 19.9. The number of alkyl halides is 1. The minimum absolute atomic E-state index is 0.0962. The highest BCUT2D eigenvalue weighted by Crippen LogP contribution is 2.15. The lowest BCUT2D eigenvalue weighted by atomic mass is 10.2. The maximum absolute atomic E-state index is 12.3. The summed E-state index contributed by atoms with van der Waals surface area (Å²) in [6, 6.07) is 6.38. The Balaban J connectivity index is 2.49. The molecule has 0 saturated heterocycles. The first-order valence-electron chi connectivity index (χ1n) is 7.26. The van der Waals surface area contributed by atoms with Crippen LogP contribution in [0, 0.1) is 6.92 Å². The Morgan fingerprint density at radius 1 is 1.26 bits per heavy atom. The van der Waals surface area contributed by atoms with Crippen molar-refractivity contribution in [3.63, 3.8) is 0 Å². The van der Waals surface area contributed by atoms with E-state index in [0.29, 0.717) is 6.61 Å². The van der Waals surface area contributed by atoms with E-state index in [4.69, 9.17) is 4.74 Å². The van der Waals surface area contributed by atoms with Crippen molar-refractivity contribution in [2.75, 3.05) is 25.6 Å². The zero-order chi connectivity index (χ0) is 17.3. The van der Waals surface area contributed by atoms with Crippen LogP contribution >= 0.6 is 15.9 Å². The zero-order valence-electron chi connectivity index (χ0n) is 13.4. The van der Waals surface area contributed by atoms with E-state index in [1.54, 1.807) is 12.1 Å². The van der Waals surface area contributed by atoms with E-state index in [2.05, 4.69) is 15.9 Å². The molecule has 1 aromatic rings. The summed E-state index contributed by atoms with van der Waals surface area (Å²) in [5.74, 6) is -0.582. The van der Waals surface area contributed by atoms with E-state index < -0.39 is 15.9 Å². The van der Waals surface area contributed by atoms with Crippen LogP contribution in [-0.2, 0) is 19.6 Å². The van der Waals surface area contributed by atoms with Crippen molar-refractivity contribution in [3.8, 4) is 0 Å². The van der Waals surface area contributed by atoms with Crippen molar-refractivity contribution in [2.45, 2.75) is 24.7 Å². The van der Waals surface area contributed by atoms with Gasteiger partial charge in [-0.2, -0.15) is 0 Å². The number of likely N-dealkylation sites (N-methyl/N-ethyl adjacent to an activating group) is 1. The molecule has 0 heterocycles. The highest BCUT2D eigenvalue weighted by atomic mass is 79.9. The topological polar surface area (TPSA) is 63.7 Å². The monoisotopic (exact) mass is 403 g/mol. The highest BCUT2D eigenvalue weighted by Gasteiger charge is 2.25. The summed E-state index contributed by atoms with van der Waals surface area (Å²) < 4.78 is 30.6. The number of unbranched alkanes of at least 4 members (excludes halogenated alkanes) is 1. The van der Waals surface area contributed by atoms with Gasteiger partial charge in [0, 0.05) is 19.0 Å². The molecule has 0 spiro atoms. The molecule has 0 fully saturated rings. The smallest absolute Gasteiger partial charge is 0.266 e. The van der Waals surface area contributed by atoms with E-state index >= 15 is 0 Å².